The molecule has 0 aliphatic rings. The monoisotopic (exact) mass is 328 g/mol. The molecule has 1 heteroatoms. The average molecular weight is 328 g/mol. The van der Waals surface area contributed by atoms with Crippen LogP contribution in [0, 0.1) is 5.41 Å². The molecule has 0 saturated heterocycles. The van der Waals surface area contributed by atoms with E-state index in [9.17, 15) is 5.11 Å². The van der Waals surface area contributed by atoms with Crippen molar-refractivity contribution in [2.24, 2.45) is 5.41 Å². The maximum Gasteiger partial charge on any atom is 0.0881 e. The summed E-state index contributed by atoms with van der Waals surface area (Å²) in [4.78, 5) is 0. The summed E-state index contributed by atoms with van der Waals surface area (Å²) in [6, 6.07) is 30.5. The Labute approximate surface area is 150 Å². The van der Waals surface area contributed by atoms with Gasteiger partial charge in [-0.1, -0.05) is 110 Å². The van der Waals surface area contributed by atoms with Crippen molar-refractivity contribution in [3.05, 3.63) is 114 Å². The van der Waals surface area contributed by atoms with Gasteiger partial charge in [-0.25, -0.2) is 0 Å². The van der Waals surface area contributed by atoms with Crippen LogP contribution in [-0.4, -0.2) is 5.11 Å². The van der Waals surface area contributed by atoms with Crippen molar-refractivity contribution in [1.29, 1.82) is 0 Å². The van der Waals surface area contributed by atoms with Crippen molar-refractivity contribution in [1.82, 2.24) is 0 Å². The second-order valence-corrected chi connectivity index (χ2v) is 6.73. The topological polar surface area (TPSA) is 20.2 Å². The van der Waals surface area contributed by atoms with Crippen LogP contribution >= 0.6 is 0 Å². The predicted octanol–water partition coefficient (Wildman–Crippen LogP) is 5.68. The predicted molar refractivity (Wildman–Crippen MR) is 105 cm³/mol. The smallest absolute Gasteiger partial charge is 0.0881 e. The summed E-state index contributed by atoms with van der Waals surface area (Å²) < 4.78 is 0. The summed E-state index contributed by atoms with van der Waals surface area (Å²) in [7, 11) is 0. The van der Waals surface area contributed by atoms with Gasteiger partial charge in [0.2, 0.25) is 0 Å². The Bertz CT molecular complexity index is 793. The van der Waals surface area contributed by atoms with Crippen molar-refractivity contribution in [3.63, 3.8) is 0 Å². The van der Waals surface area contributed by atoms with E-state index in [0.29, 0.717) is 0 Å². The van der Waals surface area contributed by atoms with Crippen LogP contribution in [0.25, 0.3) is 6.08 Å². The van der Waals surface area contributed by atoms with Crippen LogP contribution < -0.4 is 0 Å². The minimum absolute atomic E-state index is 0.404. The molecule has 0 aliphatic carbocycles. The molecule has 3 rings (SSSR count). The van der Waals surface area contributed by atoms with Crippen LogP contribution in [0.15, 0.2) is 97.1 Å². The molecule has 1 N–H and O–H groups in total. The van der Waals surface area contributed by atoms with E-state index in [0.717, 1.165) is 17.5 Å². The molecule has 0 fully saturated rings. The van der Waals surface area contributed by atoms with Crippen LogP contribution in [0.4, 0.5) is 0 Å². The summed E-state index contributed by atoms with van der Waals surface area (Å²) in [5.74, 6) is 0. The van der Waals surface area contributed by atoms with Crippen LogP contribution in [0.1, 0.15) is 29.7 Å². The number of hydrogen-bond donors (Lipinski definition) is 1. The van der Waals surface area contributed by atoms with Crippen molar-refractivity contribution in [3.8, 4) is 0 Å². The van der Waals surface area contributed by atoms with E-state index < -0.39 is 11.5 Å². The Morgan fingerprint density at radius 3 is 1.92 bits per heavy atom. The highest BCUT2D eigenvalue weighted by molar-refractivity contribution is 5.50. The van der Waals surface area contributed by atoms with E-state index in [1.54, 1.807) is 0 Å². The fourth-order valence-electron chi connectivity index (χ4n) is 3.15. The fourth-order valence-corrected chi connectivity index (χ4v) is 3.15. The van der Waals surface area contributed by atoms with Crippen molar-refractivity contribution >= 4 is 6.08 Å². The van der Waals surface area contributed by atoms with Gasteiger partial charge in [-0.3, -0.25) is 0 Å². The van der Waals surface area contributed by atoms with Gasteiger partial charge in [0.1, 0.15) is 0 Å². The standard InChI is InChI=1S/C24H24O/c1-24(19-21-13-7-3-8-14-21,18-17-20-11-5-2-6-12-20)23(25)22-15-9-4-10-16-22/h2-18,23,25H,19H2,1H3/b18-17+. The second kappa shape index (κ2) is 7.96. The summed E-state index contributed by atoms with van der Waals surface area (Å²) in [6.07, 6.45) is 4.45. The average Bonchev–Trinajstić information content (AvgIpc) is 2.68. The zero-order valence-electron chi connectivity index (χ0n) is 14.5. The summed E-state index contributed by atoms with van der Waals surface area (Å²) in [5.41, 5.74) is 2.90. The molecule has 0 bridgehead atoms. The molecule has 2 unspecified atom stereocenters. The lowest BCUT2D eigenvalue weighted by atomic mass is 9.75. The van der Waals surface area contributed by atoms with Crippen molar-refractivity contribution < 1.29 is 5.11 Å². The largest absolute Gasteiger partial charge is 0.388 e. The Balaban J connectivity index is 1.94. The SMILES string of the molecule is CC(/C=C/c1ccccc1)(Cc1ccccc1)C(O)c1ccccc1. The molecule has 0 heterocycles. The van der Waals surface area contributed by atoms with Gasteiger partial charge in [-0.05, 0) is 23.1 Å². The number of benzene rings is 3. The van der Waals surface area contributed by atoms with E-state index in [1.165, 1.54) is 5.56 Å². The molecule has 3 aromatic carbocycles. The van der Waals surface area contributed by atoms with Gasteiger partial charge in [0.05, 0.1) is 6.10 Å². The third kappa shape index (κ3) is 4.46. The summed E-state index contributed by atoms with van der Waals surface area (Å²) >= 11 is 0. The Hall–Kier alpha value is -2.64. The number of rotatable bonds is 6. The van der Waals surface area contributed by atoms with Gasteiger partial charge in [0.25, 0.3) is 0 Å². The van der Waals surface area contributed by atoms with Crippen LogP contribution in [0.5, 0.6) is 0 Å². The van der Waals surface area contributed by atoms with Gasteiger partial charge in [-0.15, -0.1) is 0 Å². The molecule has 0 saturated carbocycles. The maximum absolute atomic E-state index is 11.1. The minimum Gasteiger partial charge on any atom is -0.388 e. The summed E-state index contributed by atoms with van der Waals surface area (Å²) in [6.45, 7) is 2.12. The number of hydrogen-bond acceptors (Lipinski definition) is 1. The van der Waals surface area contributed by atoms with E-state index >= 15 is 0 Å². The molecule has 126 valence electrons. The molecule has 0 radical (unpaired) electrons. The molecular weight excluding hydrogens is 304 g/mol. The fraction of sp³-hybridized carbons (Fsp3) is 0.167. The zero-order chi connectivity index (χ0) is 17.5. The van der Waals surface area contributed by atoms with Crippen LogP contribution in [-0.2, 0) is 6.42 Å². The molecule has 0 amide bonds. The first-order valence-electron chi connectivity index (χ1n) is 8.69. The lowest BCUT2D eigenvalue weighted by Gasteiger charge is -2.32. The van der Waals surface area contributed by atoms with Crippen molar-refractivity contribution in [2.45, 2.75) is 19.4 Å². The lowest BCUT2D eigenvalue weighted by molar-refractivity contribution is 0.0703. The Kier molecular flexibility index (Phi) is 5.47. The second-order valence-electron chi connectivity index (χ2n) is 6.73. The first kappa shape index (κ1) is 17.2. The molecule has 2 atom stereocenters. The van der Waals surface area contributed by atoms with Crippen molar-refractivity contribution in [2.75, 3.05) is 0 Å². The first-order valence-corrected chi connectivity index (χ1v) is 8.69. The molecular formula is C24H24O. The van der Waals surface area contributed by atoms with Gasteiger partial charge in [0.15, 0.2) is 0 Å². The van der Waals surface area contributed by atoms with Gasteiger partial charge in [0, 0.05) is 5.41 Å². The Morgan fingerprint density at radius 1 is 0.800 bits per heavy atom. The molecule has 3 aromatic rings. The first-order chi connectivity index (χ1) is 12.2. The lowest BCUT2D eigenvalue weighted by Crippen LogP contribution is -2.26. The van der Waals surface area contributed by atoms with Crippen LogP contribution in [0.2, 0.25) is 0 Å². The van der Waals surface area contributed by atoms with Gasteiger partial charge in [-0.2, -0.15) is 0 Å². The highest BCUT2D eigenvalue weighted by Crippen LogP contribution is 2.38. The normalized spacial score (nSPS) is 15.0. The maximum atomic E-state index is 11.1. The highest BCUT2D eigenvalue weighted by atomic mass is 16.3. The van der Waals surface area contributed by atoms with E-state index in [4.69, 9.17) is 0 Å². The van der Waals surface area contributed by atoms with E-state index in [-0.39, 0.29) is 0 Å². The van der Waals surface area contributed by atoms with E-state index in [2.05, 4.69) is 43.3 Å². The van der Waals surface area contributed by atoms with Gasteiger partial charge < -0.3 is 5.11 Å². The Morgan fingerprint density at radius 2 is 1.32 bits per heavy atom. The number of aliphatic hydroxyl groups excluding tert-OH is 1. The van der Waals surface area contributed by atoms with Crippen LogP contribution in [0.3, 0.4) is 0 Å². The minimum atomic E-state index is -0.575. The van der Waals surface area contributed by atoms with E-state index in [1.807, 2.05) is 66.7 Å². The number of aliphatic hydroxyl groups is 1. The highest BCUT2D eigenvalue weighted by Gasteiger charge is 2.31. The third-order valence-electron chi connectivity index (χ3n) is 4.62. The molecule has 25 heavy (non-hydrogen) atoms. The molecule has 0 aliphatic heterocycles. The molecule has 0 spiro atoms. The zero-order valence-corrected chi connectivity index (χ0v) is 14.5. The van der Waals surface area contributed by atoms with Gasteiger partial charge >= 0.3 is 0 Å². The molecule has 1 nitrogen and oxygen atoms in total. The molecule has 0 aromatic heterocycles. The summed E-state index contributed by atoms with van der Waals surface area (Å²) in [5, 5.41) is 11.1. The quantitative estimate of drug-likeness (QED) is 0.617. The third-order valence-corrected chi connectivity index (χ3v) is 4.62.